The third-order valence-electron chi connectivity index (χ3n) is 3.02. The lowest BCUT2D eigenvalue weighted by Crippen LogP contribution is -2.18. The first-order valence-electron chi connectivity index (χ1n) is 6.00. The van der Waals surface area contributed by atoms with Crippen molar-refractivity contribution in [2.75, 3.05) is 13.3 Å². The third kappa shape index (κ3) is 3.65. The smallest absolute Gasteiger partial charge is 0.175 e. The van der Waals surface area contributed by atoms with Gasteiger partial charge >= 0.3 is 0 Å². The number of thiophene rings is 1. The van der Waals surface area contributed by atoms with Crippen LogP contribution in [0.1, 0.15) is 16.5 Å². The molecular formula is C14H17NO2S2. The molecule has 0 saturated heterocycles. The summed E-state index contributed by atoms with van der Waals surface area (Å²) in [6.45, 7) is 0. The summed E-state index contributed by atoms with van der Waals surface area (Å²) in [5.41, 5.74) is 0.999. The second kappa shape index (κ2) is 5.86. The summed E-state index contributed by atoms with van der Waals surface area (Å²) < 4.78 is 23.2. The van der Waals surface area contributed by atoms with E-state index < -0.39 is 9.84 Å². The SMILES string of the molecule is CNC(Cc1cccs1)c1cccc(S(C)(=O)=O)c1. The molecule has 0 aliphatic carbocycles. The molecule has 2 aromatic rings. The van der Waals surface area contributed by atoms with E-state index >= 15 is 0 Å². The number of likely N-dealkylation sites (N-methyl/N-ethyl adjacent to an activating group) is 1. The van der Waals surface area contributed by atoms with E-state index in [-0.39, 0.29) is 6.04 Å². The third-order valence-corrected chi connectivity index (χ3v) is 5.03. The maximum Gasteiger partial charge on any atom is 0.175 e. The van der Waals surface area contributed by atoms with Gasteiger partial charge in [-0.1, -0.05) is 18.2 Å². The van der Waals surface area contributed by atoms with Gasteiger partial charge in [-0.2, -0.15) is 0 Å². The Kier molecular flexibility index (Phi) is 4.39. The van der Waals surface area contributed by atoms with Crippen LogP contribution in [0.3, 0.4) is 0 Å². The monoisotopic (exact) mass is 295 g/mol. The van der Waals surface area contributed by atoms with Gasteiger partial charge in [0.2, 0.25) is 0 Å². The Morgan fingerprint density at radius 2 is 2.05 bits per heavy atom. The average molecular weight is 295 g/mol. The van der Waals surface area contributed by atoms with Crippen molar-refractivity contribution in [2.24, 2.45) is 0 Å². The van der Waals surface area contributed by atoms with Crippen LogP contribution in [0.15, 0.2) is 46.7 Å². The second-order valence-corrected chi connectivity index (χ2v) is 7.52. The Labute approximate surface area is 118 Å². The lowest BCUT2D eigenvalue weighted by Gasteiger charge is -2.16. The van der Waals surface area contributed by atoms with E-state index in [1.807, 2.05) is 19.2 Å². The van der Waals surface area contributed by atoms with Gasteiger partial charge in [0.15, 0.2) is 9.84 Å². The summed E-state index contributed by atoms with van der Waals surface area (Å²) in [6, 6.07) is 11.4. The molecule has 1 N–H and O–H groups in total. The van der Waals surface area contributed by atoms with Gasteiger partial charge in [0.1, 0.15) is 0 Å². The fourth-order valence-corrected chi connectivity index (χ4v) is 3.41. The molecule has 19 heavy (non-hydrogen) atoms. The molecule has 0 spiro atoms. The maximum absolute atomic E-state index is 11.6. The number of hydrogen-bond donors (Lipinski definition) is 1. The van der Waals surface area contributed by atoms with Gasteiger partial charge in [0.05, 0.1) is 4.90 Å². The topological polar surface area (TPSA) is 46.2 Å². The van der Waals surface area contributed by atoms with Crippen LogP contribution in [0.5, 0.6) is 0 Å². The number of sulfone groups is 1. The second-order valence-electron chi connectivity index (χ2n) is 4.47. The molecule has 1 atom stereocenters. The average Bonchev–Trinajstić information content (AvgIpc) is 2.88. The minimum Gasteiger partial charge on any atom is -0.313 e. The van der Waals surface area contributed by atoms with Crippen molar-refractivity contribution >= 4 is 21.2 Å². The highest BCUT2D eigenvalue weighted by Gasteiger charge is 2.14. The summed E-state index contributed by atoms with van der Waals surface area (Å²) in [6.07, 6.45) is 2.10. The van der Waals surface area contributed by atoms with Crippen molar-refractivity contribution in [1.82, 2.24) is 5.32 Å². The fourth-order valence-electron chi connectivity index (χ4n) is 1.98. The first-order chi connectivity index (χ1) is 9.00. The first-order valence-corrected chi connectivity index (χ1v) is 8.77. The highest BCUT2D eigenvalue weighted by molar-refractivity contribution is 7.90. The van der Waals surface area contributed by atoms with Crippen molar-refractivity contribution in [3.8, 4) is 0 Å². The van der Waals surface area contributed by atoms with Crippen molar-refractivity contribution in [3.05, 3.63) is 52.2 Å². The van der Waals surface area contributed by atoms with E-state index in [1.165, 1.54) is 11.1 Å². The molecule has 0 radical (unpaired) electrons. The lowest BCUT2D eigenvalue weighted by molar-refractivity contribution is 0.590. The number of hydrogen-bond acceptors (Lipinski definition) is 4. The van der Waals surface area contributed by atoms with Crippen LogP contribution in [0.25, 0.3) is 0 Å². The summed E-state index contributed by atoms with van der Waals surface area (Å²) in [7, 11) is -1.26. The Hall–Kier alpha value is -1.17. The zero-order chi connectivity index (χ0) is 13.9. The van der Waals surface area contributed by atoms with E-state index in [2.05, 4.69) is 16.8 Å². The zero-order valence-corrected chi connectivity index (χ0v) is 12.6. The Morgan fingerprint density at radius 1 is 1.26 bits per heavy atom. The maximum atomic E-state index is 11.6. The number of benzene rings is 1. The van der Waals surface area contributed by atoms with Gasteiger partial charge in [-0.3, -0.25) is 0 Å². The molecule has 3 nitrogen and oxygen atoms in total. The van der Waals surface area contributed by atoms with E-state index in [0.717, 1.165) is 12.0 Å². The van der Waals surface area contributed by atoms with Crippen LogP contribution in [0.4, 0.5) is 0 Å². The summed E-state index contributed by atoms with van der Waals surface area (Å²) in [4.78, 5) is 1.65. The van der Waals surface area contributed by atoms with E-state index in [9.17, 15) is 8.42 Å². The molecule has 0 bridgehead atoms. The quantitative estimate of drug-likeness (QED) is 0.922. The Balaban J connectivity index is 2.28. The van der Waals surface area contributed by atoms with Crippen molar-refractivity contribution in [2.45, 2.75) is 17.4 Å². The molecule has 5 heteroatoms. The number of rotatable bonds is 5. The van der Waals surface area contributed by atoms with Crippen molar-refractivity contribution in [3.63, 3.8) is 0 Å². The predicted molar refractivity (Wildman–Crippen MR) is 79.4 cm³/mol. The van der Waals surface area contributed by atoms with Gasteiger partial charge in [-0.25, -0.2) is 8.42 Å². The molecule has 0 aliphatic heterocycles. The molecule has 102 valence electrons. The molecule has 0 amide bonds. The highest BCUT2D eigenvalue weighted by atomic mass is 32.2. The van der Waals surface area contributed by atoms with Crippen LogP contribution >= 0.6 is 11.3 Å². The molecule has 1 heterocycles. The van der Waals surface area contributed by atoms with Crippen LogP contribution in [0, 0.1) is 0 Å². The van der Waals surface area contributed by atoms with Crippen molar-refractivity contribution in [1.29, 1.82) is 0 Å². The van der Waals surface area contributed by atoms with Crippen LogP contribution in [-0.2, 0) is 16.3 Å². The largest absolute Gasteiger partial charge is 0.313 e. The minimum atomic E-state index is -3.15. The predicted octanol–water partition coefficient (Wildman–Crippen LogP) is 2.65. The lowest BCUT2D eigenvalue weighted by atomic mass is 10.0. The first kappa shape index (κ1) is 14.2. The molecule has 1 aromatic carbocycles. The Bertz CT molecular complexity index is 633. The molecule has 1 aromatic heterocycles. The van der Waals surface area contributed by atoms with Gasteiger partial charge < -0.3 is 5.32 Å². The standard InChI is InChI=1S/C14H17NO2S2/c1-15-14(10-12-6-4-8-18-12)11-5-3-7-13(9-11)19(2,16)17/h3-9,14-15H,10H2,1-2H3. The van der Waals surface area contributed by atoms with Gasteiger partial charge in [-0.05, 0) is 36.2 Å². The van der Waals surface area contributed by atoms with Crippen LogP contribution in [-0.4, -0.2) is 21.7 Å². The van der Waals surface area contributed by atoms with E-state index in [0.29, 0.717) is 4.90 Å². The van der Waals surface area contributed by atoms with Gasteiger partial charge in [-0.15, -0.1) is 11.3 Å². The molecule has 0 saturated carbocycles. The summed E-state index contributed by atoms with van der Waals surface area (Å²) >= 11 is 1.71. The van der Waals surface area contributed by atoms with Gasteiger partial charge in [0, 0.05) is 23.6 Å². The fraction of sp³-hybridized carbons (Fsp3) is 0.286. The van der Waals surface area contributed by atoms with E-state index in [4.69, 9.17) is 0 Å². The molecule has 1 unspecified atom stereocenters. The Morgan fingerprint density at radius 3 is 2.63 bits per heavy atom. The number of nitrogens with one attached hydrogen (secondary N) is 1. The van der Waals surface area contributed by atoms with E-state index in [1.54, 1.807) is 29.5 Å². The molecule has 0 aliphatic rings. The molecule has 2 rings (SSSR count). The molecular weight excluding hydrogens is 278 g/mol. The van der Waals surface area contributed by atoms with Crippen molar-refractivity contribution < 1.29 is 8.42 Å². The van der Waals surface area contributed by atoms with Gasteiger partial charge in [0.25, 0.3) is 0 Å². The minimum absolute atomic E-state index is 0.125. The normalized spacial score (nSPS) is 13.4. The van der Waals surface area contributed by atoms with Crippen LogP contribution < -0.4 is 5.32 Å². The zero-order valence-electron chi connectivity index (χ0n) is 11.0. The van der Waals surface area contributed by atoms with Crippen LogP contribution in [0.2, 0.25) is 0 Å². The summed E-state index contributed by atoms with van der Waals surface area (Å²) in [5, 5.41) is 5.30. The molecule has 0 fully saturated rings. The summed E-state index contributed by atoms with van der Waals surface area (Å²) in [5.74, 6) is 0. The highest BCUT2D eigenvalue weighted by Crippen LogP contribution is 2.23.